The van der Waals surface area contributed by atoms with Gasteiger partial charge >= 0.3 is 0 Å². The molecule has 2 aromatic heterocycles. The van der Waals surface area contributed by atoms with Gasteiger partial charge in [0.2, 0.25) is 0 Å². The molecule has 100 valence electrons. The van der Waals surface area contributed by atoms with E-state index >= 15 is 0 Å². The summed E-state index contributed by atoms with van der Waals surface area (Å²) in [7, 11) is 1.98. The molecule has 0 spiro atoms. The van der Waals surface area contributed by atoms with Crippen molar-refractivity contribution in [2.24, 2.45) is 0 Å². The maximum atomic E-state index is 4.40. The van der Waals surface area contributed by atoms with Crippen molar-refractivity contribution in [3.05, 3.63) is 71.8 Å². The molecule has 3 heteroatoms. The number of pyridine rings is 2. The van der Waals surface area contributed by atoms with Gasteiger partial charge in [0.25, 0.3) is 0 Å². The fourth-order valence-electron chi connectivity index (χ4n) is 2.55. The molecule has 0 fully saturated rings. The van der Waals surface area contributed by atoms with Crippen molar-refractivity contribution in [2.45, 2.75) is 13.0 Å². The van der Waals surface area contributed by atoms with E-state index in [0.717, 1.165) is 11.1 Å². The first-order valence-electron chi connectivity index (χ1n) is 6.72. The van der Waals surface area contributed by atoms with Gasteiger partial charge in [-0.25, -0.2) is 0 Å². The fraction of sp³-hybridized carbons (Fsp3) is 0.176. The molecule has 3 nitrogen and oxygen atoms in total. The number of nitrogens with one attached hydrogen (secondary N) is 1. The zero-order valence-electron chi connectivity index (χ0n) is 11.7. The summed E-state index contributed by atoms with van der Waals surface area (Å²) in [5.74, 6) is 0. The highest BCUT2D eigenvalue weighted by atomic mass is 14.9. The van der Waals surface area contributed by atoms with Gasteiger partial charge in [-0.05, 0) is 42.6 Å². The fourth-order valence-corrected chi connectivity index (χ4v) is 2.55. The Morgan fingerprint density at radius 2 is 1.95 bits per heavy atom. The molecule has 2 heterocycles. The smallest absolute Gasteiger partial charge is 0.0595 e. The average Bonchev–Trinajstić information content (AvgIpc) is 2.50. The summed E-state index contributed by atoms with van der Waals surface area (Å²) >= 11 is 0. The minimum Gasteiger partial charge on any atom is -0.309 e. The molecular weight excluding hydrogens is 246 g/mol. The second-order valence-electron chi connectivity index (χ2n) is 4.90. The van der Waals surface area contributed by atoms with Crippen molar-refractivity contribution in [1.29, 1.82) is 0 Å². The van der Waals surface area contributed by atoms with E-state index in [2.05, 4.69) is 45.6 Å². The number of hydrogen-bond acceptors (Lipinski definition) is 3. The Hall–Kier alpha value is -2.26. The zero-order chi connectivity index (χ0) is 13.9. The molecule has 3 aromatic rings. The quantitative estimate of drug-likeness (QED) is 0.788. The van der Waals surface area contributed by atoms with E-state index in [1.165, 1.54) is 16.5 Å². The molecule has 1 unspecified atom stereocenters. The number of fused-ring (bicyclic) bond motifs is 1. The number of hydrogen-bond donors (Lipinski definition) is 1. The summed E-state index contributed by atoms with van der Waals surface area (Å²) in [6, 6.07) is 12.7. The van der Waals surface area contributed by atoms with Crippen molar-refractivity contribution in [3.63, 3.8) is 0 Å². The molecule has 0 saturated heterocycles. The third kappa shape index (κ3) is 2.28. The molecule has 20 heavy (non-hydrogen) atoms. The van der Waals surface area contributed by atoms with Crippen LogP contribution in [0, 0.1) is 6.92 Å². The molecule has 1 atom stereocenters. The van der Waals surface area contributed by atoms with Crippen molar-refractivity contribution in [1.82, 2.24) is 15.3 Å². The summed E-state index contributed by atoms with van der Waals surface area (Å²) in [5, 5.41) is 5.77. The van der Waals surface area contributed by atoms with Crippen LogP contribution in [0.15, 0.2) is 55.0 Å². The predicted octanol–water partition coefficient (Wildman–Crippen LogP) is 3.25. The van der Waals surface area contributed by atoms with Gasteiger partial charge in [-0.1, -0.05) is 24.3 Å². The van der Waals surface area contributed by atoms with E-state index in [0.29, 0.717) is 0 Å². The van der Waals surface area contributed by atoms with E-state index in [-0.39, 0.29) is 6.04 Å². The first-order valence-corrected chi connectivity index (χ1v) is 6.72. The van der Waals surface area contributed by atoms with E-state index in [9.17, 15) is 0 Å². The Balaban J connectivity index is 2.14. The lowest BCUT2D eigenvalue weighted by molar-refractivity contribution is 0.693. The van der Waals surface area contributed by atoms with Crippen LogP contribution in [0.25, 0.3) is 10.8 Å². The lowest BCUT2D eigenvalue weighted by Crippen LogP contribution is -2.18. The van der Waals surface area contributed by atoms with Crippen molar-refractivity contribution in [3.8, 4) is 0 Å². The lowest BCUT2D eigenvalue weighted by Gasteiger charge is -2.19. The van der Waals surface area contributed by atoms with Crippen LogP contribution in [0.5, 0.6) is 0 Å². The Labute approximate surface area is 118 Å². The van der Waals surface area contributed by atoms with Gasteiger partial charge in [-0.15, -0.1) is 0 Å². The van der Waals surface area contributed by atoms with Gasteiger partial charge in [-0.2, -0.15) is 0 Å². The number of aryl methyl sites for hydroxylation is 1. The third-order valence-corrected chi connectivity index (χ3v) is 3.58. The van der Waals surface area contributed by atoms with Crippen LogP contribution in [0.1, 0.15) is 22.9 Å². The first-order chi connectivity index (χ1) is 9.79. The molecule has 0 saturated carbocycles. The minimum absolute atomic E-state index is 0.134. The maximum Gasteiger partial charge on any atom is 0.0595 e. The second kappa shape index (κ2) is 5.39. The molecular formula is C17H17N3. The highest BCUT2D eigenvalue weighted by Gasteiger charge is 2.14. The summed E-state index contributed by atoms with van der Waals surface area (Å²) in [5.41, 5.74) is 3.45. The monoisotopic (exact) mass is 263 g/mol. The SMILES string of the molecule is CNC(c1ccc(C)nc1)c1cccc2cnccc12. The number of rotatable bonds is 3. The first kappa shape index (κ1) is 12.8. The van der Waals surface area contributed by atoms with Crippen molar-refractivity contribution in [2.75, 3.05) is 7.05 Å². The predicted molar refractivity (Wildman–Crippen MR) is 81.6 cm³/mol. The molecule has 0 aliphatic carbocycles. The highest BCUT2D eigenvalue weighted by molar-refractivity contribution is 5.85. The normalized spacial score (nSPS) is 12.5. The molecule has 0 amide bonds. The summed E-state index contributed by atoms with van der Waals surface area (Å²) in [6.07, 6.45) is 5.68. The van der Waals surface area contributed by atoms with E-state index < -0.39 is 0 Å². The lowest BCUT2D eigenvalue weighted by atomic mass is 9.95. The molecule has 0 aliphatic rings. The molecule has 1 aromatic carbocycles. The van der Waals surface area contributed by atoms with Crippen LogP contribution in [0.3, 0.4) is 0 Å². The average molecular weight is 263 g/mol. The molecule has 0 aliphatic heterocycles. The topological polar surface area (TPSA) is 37.8 Å². The van der Waals surface area contributed by atoms with Crippen LogP contribution in [0.2, 0.25) is 0 Å². The molecule has 1 N–H and O–H groups in total. The van der Waals surface area contributed by atoms with Crippen LogP contribution < -0.4 is 5.32 Å². The van der Waals surface area contributed by atoms with E-state index in [1.807, 2.05) is 38.6 Å². The summed E-state index contributed by atoms with van der Waals surface area (Å²) < 4.78 is 0. The van der Waals surface area contributed by atoms with Gasteiger partial charge < -0.3 is 5.32 Å². The standard InChI is InChI=1S/C17H17N3/c1-12-6-7-14(11-20-12)17(18-2)16-5-3-4-13-10-19-9-8-15(13)16/h3-11,17-18H,1-2H3. The molecule has 3 rings (SSSR count). The Morgan fingerprint density at radius 1 is 1.05 bits per heavy atom. The van der Waals surface area contributed by atoms with Crippen LogP contribution in [-0.2, 0) is 0 Å². The van der Waals surface area contributed by atoms with Crippen LogP contribution >= 0.6 is 0 Å². The van der Waals surface area contributed by atoms with Gasteiger partial charge in [0.05, 0.1) is 6.04 Å². The summed E-state index contributed by atoms with van der Waals surface area (Å²) in [4.78, 5) is 8.59. The maximum absolute atomic E-state index is 4.40. The zero-order valence-corrected chi connectivity index (χ0v) is 11.7. The van der Waals surface area contributed by atoms with Crippen molar-refractivity contribution < 1.29 is 0 Å². The van der Waals surface area contributed by atoms with E-state index in [4.69, 9.17) is 0 Å². The van der Waals surface area contributed by atoms with Gasteiger partial charge in [0.15, 0.2) is 0 Å². The van der Waals surface area contributed by atoms with Crippen LogP contribution in [-0.4, -0.2) is 17.0 Å². The molecule has 0 radical (unpaired) electrons. The second-order valence-corrected chi connectivity index (χ2v) is 4.90. The van der Waals surface area contributed by atoms with Gasteiger partial charge in [0.1, 0.15) is 0 Å². The summed E-state index contributed by atoms with van der Waals surface area (Å²) in [6.45, 7) is 2.00. The van der Waals surface area contributed by atoms with Gasteiger partial charge in [-0.3, -0.25) is 9.97 Å². The Morgan fingerprint density at radius 3 is 2.70 bits per heavy atom. The van der Waals surface area contributed by atoms with Gasteiger partial charge in [0, 0.05) is 29.7 Å². The third-order valence-electron chi connectivity index (χ3n) is 3.58. The largest absolute Gasteiger partial charge is 0.309 e. The van der Waals surface area contributed by atoms with Crippen LogP contribution in [0.4, 0.5) is 0 Å². The number of benzene rings is 1. The Kier molecular flexibility index (Phi) is 3.44. The highest BCUT2D eigenvalue weighted by Crippen LogP contribution is 2.28. The number of nitrogens with zero attached hydrogens (tertiary/aromatic N) is 2. The van der Waals surface area contributed by atoms with E-state index in [1.54, 1.807) is 0 Å². The van der Waals surface area contributed by atoms with Crippen molar-refractivity contribution >= 4 is 10.8 Å². The molecule has 0 bridgehead atoms. The number of aromatic nitrogens is 2. The minimum atomic E-state index is 0.134. The Bertz CT molecular complexity index is 714.